The molecule has 0 saturated heterocycles. The third-order valence-electron chi connectivity index (χ3n) is 13.6. The zero-order valence-electron chi connectivity index (χ0n) is 48.6. The van der Waals surface area contributed by atoms with Gasteiger partial charge in [0.25, 0.3) is 0 Å². The molecule has 4 atom stereocenters. The van der Waals surface area contributed by atoms with Crippen LogP contribution < -0.4 is 21.3 Å². The van der Waals surface area contributed by atoms with Gasteiger partial charge in [-0.2, -0.15) is 0 Å². The van der Waals surface area contributed by atoms with Crippen LogP contribution in [0.1, 0.15) is 180 Å². The Morgan fingerprint density at radius 2 is 0.512 bits per heavy atom. The monoisotopic (exact) mass is 1180 g/mol. The quantitative estimate of drug-likeness (QED) is 0.178. The van der Waals surface area contributed by atoms with Crippen molar-refractivity contribution in [1.29, 1.82) is 0 Å². The van der Waals surface area contributed by atoms with Crippen molar-refractivity contribution in [3.8, 4) is 47.4 Å². The highest BCUT2D eigenvalue weighted by Crippen LogP contribution is 2.26. The maximum absolute atomic E-state index is 12.8. The molecule has 24 heteroatoms. The molecule has 2 saturated carbocycles. The van der Waals surface area contributed by atoms with Gasteiger partial charge < -0.3 is 59.2 Å². The first-order chi connectivity index (χ1) is 40.4. The summed E-state index contributed by atoms with van der Waals surface area (Å²) in [5.74, 6) is 15.1. The average molecular weight is 1180 g/mol. The Balaban J connectivity index is 1.57. The molecular formula is C60H80N4O20. The smallest absolute Gasteiger partial charge is 0.328 e. The van der Waals surface area contributed by atoms with E-state index in [1.807, 2.05) is 0 Å². The van der Waals surface area contributed by atoms with E-state index < -0.39 is 120 Å². The molecular weight excluding hydrogens is 1100 g/mol. The minimum Gasteiger partial charge on any atom is -0.467 e. The zero-order valence-corrected chi connectivity index (χ0v) is 48.6. The lowest BCUT2D eigenvalue weighted by atomic mass is 9.95. The average Bonchev–Trinajstić information content (AvgIpc) is 3.50. The zero-order chi connectivity index (χ0) is 61.5. The summed E-state index contributed by atoms with van der Waals surface area (Å²) in [5, 5.41) is 10.4. The minimum absolute atomic E-state index is 0.0305. The molecule has 0 aromatic carbocycles. The van der Waals surface area contributed by atoms with Crippen LogP contribution >= 0.6 is 0 Å². The van der Waals surface area contributed by atoms with Crippen LogP contribution in [-0.4, -0.2) is 148 Å². The van der Waals surface area contributed by atoms with Crippen LogP contribution in [0.25, 0.3) is 0 Å². The van der Waals surface area contributed by atoms with Crippen LogP contribution in [0.2, 0.25) is 0 Å². The fraction of sp³-hybridized carbons (Fsp3) is 0.667. The lowest BCUT2D eigenvalue weighted by Crippen LogP contribution is -2.42. The number of ether oxygens (including phenoxy) is 8. The van der Waals surface area contributed by atoms with Crippen molar-refractivity contribution in [2.24, 2.45) is 0 Å². The molecule has 0 radical (unpaired) electrons. The first-order valence-corrected chi connectivity index (χ1v) is 28.6. The van der Waals surface area contributed by atoms with E-state index in [1.54, 1.807) is 0 Å². The standard InChI is InChI=1S/C60H80N4O20/c1-77-57(73)45-33-37-53(69)81-41-25-27-42(28-26-41)82-54(70)38-34-46(58(74)78-2)62-51(67)23-19-15-11-7-8-12-16-20-24-52(68)64-48(60(76)80-4)36-40-56(72)84-44-31-29-43(30-32-44)83-55(71)39-35-47(59(75)79-3)63-50(66)22-18-14-10-6-5-9-13-17-21-49(65)61-45/h41-48H,13-40H2,1-4H3,(H,61,65)(H,62,67)(H,63,66)(H,64,68)/t41?,42?,43?,44?,45-,46-,47-,48-/m0/s1. The maximum Gasteiger partial charge on any atom is 0.328 e. The van der Waals surface area contributed by atoms with E-state index in [0.717, 1.165) is 0 Å². The summed E-state index contributed by atoms with van der Waals surface area (Å²) >= 11 is 0. The highest BCUT2D eigenvalue weighted by molar-refractivity contribution is 5.87. The van der Waals surface area contributed by atoms with E-state index in [2.05, 4.69) is 68.6 Å². The summed E-state index contributed by atoms with van der Waals surface area (Å²) in [6, 6.07) is -4.38. The topological polar surface area (TPSA) is 327 Å². The van der Waals surface area contributed by atoms with E-state index in [4.69, 9.17) is 37.9 Å². The molecule has 460 valence electrons. The van der Waals surface area contributed by atoms with Crippen molar-refractivity contribution in [3.05, 3.63) is 0 Å². The van der Waals surface area contributed by atoms with Gasteiger partial charge in [0.2, 0.25) is 23.6 Å². The third-order valence-corrected chi connectivity index (χ3v) is 13.6. The fourth-order valence-corrected chi connectivity index (χ4v) is 8.97. The molecule has 4 aliphatic heterocycles. The maximum atomic E-state index is 12.8. The highest BCUT2D eigenvalue weighted by Gasteiger charge is 2.32. The van der Waals surface area contributed by atoms with Gasteiger partial charge in [0.1, 0.15) is 48.6 Å². The summed E-state index contributed by atoms with van der Waals surface area (Å²) in [6.45, 7) is 0. The largest absolute Gasteiger partial charge is 0.467 e. The molecule has 0 unspecified atom stereocenters. The summed E-state index contributed by atoms with van der Waals surface area (Å²) in [4.78, 5) is 152. The number of rotatable bonds is 4. The lowest BCUT2D eigenvalue weighted by molar-refractivity contribution is -0.159. The van der Waals surface area contributed by atoms with Gasteiger partial charge >= 0.3 is 47.8 Å². The first-order valence-electron chi connectivity index (χ1n) is 28.6. The van der Waals surface area contributed by atoms with Crippen molar-refractivity contribution >= 4 is 71.4 Å². The summed E-state index contributed by atoms with van der Waals surface area (Å²) < 4.78 is 41.8. The van der Waals surface area contributed by atoms with Crippen molar-refractivity contribution in [1.82, 2.24) is 21.3 Å². The number of amides is 4. The van der Waals surface area contributed by atoms with E-state index >= 15 is 0 Å². The van der Waals surface area contributed by atoms with Gasteiger partial charge in [-0.3, -0.25) is 38.4 Å². The van der Waals surface area contributed by atoms with Crippen LogP contribution in [0.3, 0.4) is 0 Å². The second-order valence-electron chi connectivity index (χ2n) is 20.1. The van der Waals surface area contributed by atoms with Crippen LogP contribution in [0.5, 0.6) is 0 Å². The van der Waals surface area contributed by atoms with Crippen molar-refractivity contribution in [3.63, 3.8) is 0 Å². The second kappa shape index (κ2) is 41.0. The number of methoxy groups -OCH3 is 4. The number of esters is 8. The van der Waals surface area contributed by atoms with Crippen molar-refractivity contribution < 1.29 is 95.4 Å². The number of hydrogen-bond acceptors (Lipinski definition) is 20. The fourth-order valence-electron chi connectivity index (χ4n) is 8.97. The van der Waals surface area contributed by atoms with Crippen LogP contribution in [-0.2, 0) is 95.4 Å². The Bertz CT molecular complexity index is 2180. The Labute approximate surface area is 490 Å². The lowest BCUT2D eigenvalue weighted by Gasteiger charge is -2.28. The van der Waals surface area contributed by atoms with Crippen LogP contribution in [0.15, 0.2) is 0 Å². The molecule has 0 aromatic heterocycles. The minimum atomic E-state index is -1.10. The van der Waals surface area contributed by atoms with Crippen molar-refractivity contribution in [2.75, 3.05) is 28.4 Å². The van der Waals surface area contributed by atoms with Crippen LogP contribution in [0.4, 0.5) is 0 Å². The number of carbonyl (C=O) groups excluding carboxylic acids is 12. The Kier molecular flexibility index (Phi) is 34.2. The highest BCUT2D eigenvalue weighted by atomic mass is 16.6. The normalized spacial score (nSPS) is 25.7. The molecule has 4 N–H and O–H groups in total. The molecule has 2 fully saturated rings. The predicted molar refractivity (Wildman–Crippen MR) is 296 cm³/mol. The van der Waals surface area contributed by atoms with E-state index in [-0.39, 0.29) is 77.0 Å². The number of hydrogen-bond donors (Lipinski definition) is 4. The molecule has 0 spiro atoms. The molecule has 4 amide bonds. The molecule has 4 bridgehead atoms. The summed E-state index contributed by atoms with van der Waals surface area (Å²) in [5.41, 5.74) is 0. The Morgan fingerprint density at radius 3 is 0.690 bits per heavy atom. The molecule has 0 aromatic rings. The molecule has 6 aliphatic rings. The van der Waals surface area contributed by atoms with E-state index in [1.165, 1.54) is 28.4 Å². The Hall–Kier alpha value is -8.12. The molecule has 84 heavy (non-hydrogen) atoms. The van der Waals surface area contributed by atoms with Gasteiger partial charge in [-0.15, -0.1) is 0 Å². The predicted octanol–water partition coefficient (Wildman–Crippen LogP) is 3.24. The van der Waals surface area contributed by atoms with Crippen LogP contribution in [0, 0.1) is 47.4 Å². The Morgan fingerprint density at radius 1 is 0.321 bits per heavy atom. The first kappa shape index (κ1) is 70.1. The van der Waals surface area contributed by atoms with E-state index in [9.17, 15) is 57.5 Å². The second-order valence-corrected chi connectivity index (χ2v) is 20.1. The summed E-state index contributed by atoms with van der Waals surface area (Å²) in [6.07, 6.45) is 3.16. The molecule has 4 heterocycles. The molecule has 2 aliphatic carbocycles. The summed E-state index contributed by atoms with van der Waals surface area (Å²) in [7, 11) is 4.66. The van der Waals surface area contributed by atoms with E-state index in [0.29, 0.717) is 103 Å². The number of carbonyl (C=O) groups is 12. The molecule has 24 nitrogen and oxygen atoms in total. The van der Waals surface area contributed by atoms with Gasteiger partial charge in [-0.1, -0.05) is 23.7 Å². The van der Waals surface area contributed by atoms with Gasteiger partial charge in [0, 0.05) is 77.0 Å². The van der Waals surface area contributed by atoms with Gasteiger partial charge in [0.05, 0.1) is 28.4 Å². The van der Waals surface area contributed by atoms with Gasteiger partial charge in [-0.25, -0.2) is 19.2 Å². The third kappa shape index (κ3) is 30.3. The molecule has 6 rings (SSSR count). The van der Waals surface area contributed by atoms with Gasteiger partial charge in [0.15, 0.2) is 0 Å². The van der Waals surface area contributed by atoms with Crippen molar-refractivity contribution in [2.45, 2.75) is 228 Å². The number of nitrogens with one attached hydrogen (secondary N) is 4. The van der Waals surface area contributed by atoms with Gasteiger partial charge in [-0.05, 0) is 126 Å². The SMILES string of the molecule is COC(=O)[C@@H]1CCC(=O)OC2CCC(CC2)OC(=O)CC[C@@H](C(=O)OC)NC(=O)CCCC#CC#CCCCC(=O)N[C@H](C(=O)OC)CCC(=O)OC2CCC(CC2)OC(=O)CC[C@@H](C(=O)OC)NC(=O)CCCC#CC#CCCCC(=O)N1.